The van der Waals surface area contributed by atoms with E-state index in [1.165, 1.54) is 0 Å². The van der Waals surface area contributed by atoms with Crippen LogP contribution in [0.25, 0.3) is 16.8 Å². The number of aryl methyl sites for hydroxylation is 1. The Morgan fingerprint density at radius 1 is 1.03 bits per heavy atom. The van der Waals surface area contributed by atoms with Gasteiger partial charge in [0.15, 0.2) is 0 Å². The van der Waals surface area contributed by atoms with Gasteiger partial charge in [-0.15, -0.1) is 0 Å². The van der Waals surface area contributed by atoms with Gasteiger partial charge in [0.2, 0.25) is 5.91 Å². The molecule has 0 unspecified atom stereocenters. The number of carbonyl (C=O) groups is 3. The molecule has 0 aliphatic carbocycles. The lowest BCUT2D eigenvalue weighted by Gasteiger charge is -2.13. The lowest BCUT2D eigenvalue weighted by molar-refractivity contribution is -0.127. The van der Waals surface area contributed by atoms with Crippen molar-refractivity contribution in [1.29, 1.82) is 0 Å². The van der Waals surface area contributed by atoms with Gasteiger partial charge in [-0.25, -0.2) is 0 Å². The second kappa shape index (κ2) is 11.2. The molecule has 1 fully saturated rings. The van der Waals surface area contributed by atoms with Crippen molar-refractivity contribution in [3.63, 3.8) is 0 Å². The smallest absolute Gasteiger partial charge is 0.294 e. The molecule has 1 heterocycles. The van der Waals surface area contributed by atoms with Crippen LogP contribution in [0.5, 0.6) is 5.75 Å². The Morgan fingerprint density at radius 2 is 1.80 bits per heavy atom. The molecule has 1 N–H and O–H groups in total. The first kappa shape index (κ1) is 24.5. The quantitative estimate of drug-likeness (QED) is 0.284. The molecule has 6 nitrogen and oxygen atoms in total. The van der Waals surface area contributed by atoms with Gasteiger partial charge in [-0.2, -0.15) is 0 Å². The van der Waals surface area contributed by atoms with E-state index in [1.54, 1.807) is 6.08 Å². The first-order valence-electron chi connectivity index (χ1n) is 11.8. The number of hydrogen-bond acceptors (Lipinski definition) is 5. The predicted octanol–water partition coefficient (Wildman–Crippen LogP) is 6.26. The lowest BCUT2D eigenvalue weighted by Crippen LogP contribution is -2.36. The van der Waals surface area contributed by atoms with Gasteiger partial charge in [-0.1, -0.05) is 62.7 Å². The zero-order chi connectivity index (χ0) is 24.8. The minimum atomic E-state index is -0.482. The summed E-state index contributed by atoms with van der Waals surface area (Å²) in [6.45, 7) is 4.38. The van der Waals surface area contributed by atoms with E-state index in [4.69, 9.17) is 4.74 Å². The molecule has 180 valence electrons. The van der Waals surface area contributed by atoms with E-state index in [9.17, 15) is 14.4 Å². The van der Waals surface area contributed by atoms with Crippen molar-refractivity contribution in [1.82, 2.24) is 4.90 Å². The van der Waals surface area contributed by atoms with Crippen LogP contribution in [0.3, 0.4) is 0 Å². The second-order valence-corrected chi connectivity index (χ2v) is 9.26. The first-order valence-corrected chi connectivity index (χ1v) is 12.6. The van der Waals surface area contributed by atoms with Crippen LogP contribution in [0.15, 0.2) is 65.6 Å². The van der Waals surface area contributed by atoms with Crippen LogP contribution in [-0.2, 0) is 16.0 Å². The number of anilines is 1. The molecule has 0 radical (unpaired) electrons. The minimum absolute atomic E-state index is 0.270. The van der Waals surface area contributed by atoms with Crippen molar-refractivity contribution < 1.29 is 19.1 Å². The first-order chi connectivity index (χ1) is 17.0. The van der Waals surface area contributed by atoms with Gasteiger partial charge in [-0.05, 0) is 65.2 Å². The fourth-order valence-corrected chi connectivity index (χ4v) is 4.63. The van der Waals surface area contributed by atoms with Gasteiger partial charge < -0.3 is 10.1 Å². The molecule has 0 aromatic heterocycles. The number of nitrogens with one attached hydrogen (secondary N) is 1. The third-order valence-electron chi connectivity index (χ3n) is 5.78. The zero-order valence-corrected chi connectivity index (χ0v) is 20.7. The summed E-state index contributed by atoms with van der Waals surface area (Å²) in [6.07, 6.45) is 4.53. The molecule has 3 aromatic rings. The van der Waals surface area contributed by atoms with Crippen molar-refractivity contribution in [2.45, 2.75) is 33.1 Å². The zero-order valence-electron chi connectivity index (χ0n) is 19.9. The van der Waals surface area contributed by atoms with E-state index < -0.39 is 17.1 Å². The Hall–Kier alpha value is -3.58. The average molecular weight is 489 g/mol. The fraction of sp³-hybridized carbons (Fsp3) is 0.250. The number of nitrogens with zero attached hydrogens (tertiary/aromatic N) is 1. The summed E-state index contributed by atoms with van der Waals surface area (Å²) < 4.78 is 6.00. The van der Waals surface area contributed by atoms with E-state index in [1.807, 2.05) is 60.7 Å². The Kier molecular flexibility index (Phi) is 7.87. The molecule has 0 saturated carbocycles. The number of unbranched alkanes of at least 4 members (excludes halogenated alkanes) is 1. The number of amides is 3. The normalized spacial score (nSPS) is 14.7. The summed E-state index contributed by atoms with van der Waals surface area (Å²) in [4.78, 5) is 39.5. The topological polar surface area (TPSA) is 75.7 Å². The molecule has 7 heteroatoms. The molecule has 0 spiro atoms. The van der Waals surface area contributed by atoms with Gasteiger partial charge in [0.05, 0.1) is 11.5 Å². The van der Waals surface area contributed by atoms with E-state index in [0.29, 0.717) is 18.0 Å². The summed E-state index contributed by atoms with van der Waals surface area (Å²) in [7, 11) is 0. The van der Waals surface area contributed by atoms with Crippen molar-refractivity contribution in [2.24, 2.45) is 0 Å². The summed E-state index contributed by atoms with van der Waals surface area (Å²) in [5.74, 6) is -0.243. The van der Waals surface area contributed by atoms with Crippen LogP contribution < -0.4 is 10.1 Å². The predicted molar refractivity (Wildman–Crippen MR) is 141 cm³/mol. The number of thioether (sulfide) groups is 1. The Bertz CT molecular complexity index is 1280. The second-order valence-electron chi connectivity index (χ2n) is 8.27. The number of ether oxygens (including phenoxy) is 1. The monoisotopic (exact) mass is 488 g/mol. The van der Waals surface area contributed by atoms with Gasteiger partial charge in [0.1, 0.15) is 12.3 Å². The van der Waals surface area contributed by atoms with E-state index in [0.717, 1.165) is 57.8 Å². The summed E-state index contributed by atoms with van der Waals surface area (Å²) in [6, 6.07) is 19.2. The largest absolute Gasteiger partial charge is 0.493 e. The molecule has 4 rings (SSSR count). The van der Waals surface area contributed by atoms with Crippen LogP contribution in [-0.4, -0.2) is 35.1 Å². The number of benzene rings is 3. The van der Waals surface area contributed by atoms with E-state index in [-0.39, 0.29) is 11.4 Å². The van der Waals surface area contributed by atoms with Gasteiger partial charge in [-0.3, -0.25) is 19.3 Å². The number of carbonyl (C=O) groups excluding carboxylic acids is 3. The maximum Gasteiger partial charge on any atom is 0.294 e. The molecule has 1 aliphatic heterocycles. The number of rotatable bonds is 9. The summed E-state index contributed by atoms with van der Waals surface area (Å²) in [5, 5.41) is 4.23. The average Bonchev–Trinajstić information content (AvgIpc) is 3.13. The Balaban J connectivity index is 1.55. The van der Waals surface area contributed by atoms with Crippen LogP contribution in [0.2, 0.25) is 0 Å². The fourth-order valence-electron chi connectivity index (χ4n) is 3.81. The van der Waals surface area contributed by atoms with Crippen molar-refractivity contribution in [2.75, 3.05) is 18.5 Å². The number of hydrogen-bond donors (Lipinski definition) is 1. The molecular formula is C28H28N2O4S. The molecule has 35 heavy (non-hydrogen) atoms. The standard InChI is InChI=1S/C28H28N2O4S/c1-3-5-16-34-24-15-12-20-8-6-7-9-22(20)23(24)17-25-27(32)30(28(33)35-25)18-26(31)29-21-13-10-19(4-2)11-14-21/h6-15,17H,3-5,16,18H2,1-2H3,(H,29,31)/b25-17-. The molecular weight excluding hydrogens is 460 g/mol. The highest BCUT2D eigenvalue weighted by molar-refractivity contribution is 8.18. The molecule has 0 bridgehead atoms. The number of imide groups is 1. The summed E-state index contributed by atoms with van der Waals surface area (Å²) in [5.41, 5.74) is 2.54. The van der Waals surface area contributed by atoms with E-state index in [2.05, 4.69) is 19.2 Å². The van der Waals surface area contributed by atoms with Crippen molar-refractivity contribution in [3.8, 4) is 5.75 Å². The van der Waals surface area contributed by atoms with E-state index >= 15 is 0 Å². The lowest BCUT2D eigenvalue weighted by atomic mass is 10.0. The van der Waals surface area contributed by atoms with Crippen LogP contribution in [0, 0.1) is 0 Å². The highest BCUT2D eigenvalue weighted by Crippen LogP contribution is 2.37. The van der Waals surface area contributed by atoms with Crippen LogP contribution in [0.1, 0.15) is 37.8 Å². The highest BCUT2D eigenvalue weighted by Gasteiger charge is 2.36. The van der Waals surface area contributed by atoms with Crippen LogP contribution in [0.4, 0.5) is 10.5 Å². The maximum absolute atomic E-state index is 13.1. The highest BCUT2D eigenvalue weighted by atomic mass is 32.2. The summed E-state index contributed by atoms with van der Waals surface area (Å²) >= 11 is 0.838. The van der Waals surface area contributed by atoms with Gasteiger partial charge in [0, 0.05) is 11.3 Å². The third kappa shape index (κ3) is 5.74. The number of fused-ring (bicyclic) bond motifs is 1. The maximum atomic E-state index is 13.1. The molecule has 1 aliphatic rings. The van der Waals surface area contributed by atoms with Gasteiger partial charge in [0.25, 0.3) is 11.1 Å². The molecule has 3 amide bonds. The Morgan fingerprint density at radius 3 is 2.54 bits per heavy atom. The third-order valence-corrected chi connectivity index (χ3v) is 6.69. The SMILES string of the molecule is CCCCOc1ccc2ccccc2c1/C=C1\SC(=O)N(CC(=O)Nc2ccc(CC)cc2)C1=O. The molecule has 0 atom stereocenters. The van der Waals surface area contributed by atoms with Crippen molar-refractivity contribution >= 4 is 51.4 Å². The van der Waals surface area contributed by atoms with Gasteiger partial charge >= 0.3 is 0 Å². The van der Waals surface area contributed by atoms with Crippen molar-refractivity contribution in [3.05, 3.63) is 76.7 Å². The Labute approximate surface area is 209 Å². The molecule has 1 saturated heterocycles. The molecule has 3 aromatic carbocycles. The van der Waals surface area contributed by atoms with Crippen LogP contribution >= 0.6 is 11.8 Å². The minimum Gasteiger partial charge on any atom is -0.493 e.